The summed E-state index contributed by atoms with van der Waals surface area (Å²) in [5.41, 5.74) is 2.46. The summed E-state index contributed by atoms with van der Waals surface area (Å²) < 4.78 is 0. The second-order valence-electron chi connectivity index (χ2n) is 3.48. The number of Topliss-reactive ketones (excluding diaryl/α,β-unsaturated/α-hetero) is 1. The fourth-order valence-corrected chi connectivity index (χ4v) is 2.08. The third-order valence-corrected chi connectivity index (χ3v) is 3.03. The van der Waals surface area contributed by atoms with Crippen molar-refractivity contribution in [1.29, 1.82) is 0 Å². The van der Waals surface area contributed by atoms with Gasteiger partial charge in [0.1, 0.15) is 5.78 Å². The van der Waals surface area contributed by atoms with Crippen molar-refractivity contribution in [2.24, 2.45) is 0 Å². The molecule has 0 N–H and O–H groups in total. The van der Waals surface area contributed by atoms with Gasteiger partial charge in [0.25, 0.3) is 0 Å². The summed E-state index contributed by atoms with van der Waals surface area (Å²) in [6, 6.07) is 8.27. The lowest BCUT2D eigenvalue weighted by Gasteiger charge is -2.07. The zero-order chi connectivity index (χ0) is 10.6. The third kappa shape index (κ3) is 3.26. The van der Waals surface area contributed by atoms with Crippen molar-refractivity contribution in [1.82, 2.24) is 0 Å². The van der Waals surface area contributed by atoms with Crippen LogP contribution in [0.15, 0.2) is 24.3 Å². The molecule has 1 nitrogen and oxygen atoms in total. The number of halogens is 1. The molecule has 14 heavy (non-hydrogen) atoms. The van der Waals surface area contributed by atoms with Gasteiger partial charge in [-0.15, -0.1) is 0 Å². The molecule has 1 atom stereocenters. The topological polar surface area (TPSA) is 17.1 Å². The van der Waals surface area contributed by atoms with Gasteiger partial charge in [0.2, 0.25) is 0 Å². The van der Waals surface area contributed by atoms with Crippen LogP contribution in [0, 0.1) is 6.92 Å². The van der Waals surface area contributed by atoms with E-state index in [-0.39, 0.29) is 10.6 Å². The Kier molecular flexibility index (Phi) is 4.33. The fraction of sp³-hybridized carbons (Fsp3) is 0.417. The molecule has 1 unspecified atom stereocenters. The van der Waals surface area contributed by atoms with Crippen LogP contribution in [0.2, 0.25) is 0 Å². The summed E-state index contributed by atoms with van der Waals surface area (Å²) in [7, 11) is 0. The van der Waals surface area contributed by atoms with Crippen LogP contribution >= 0.6 is 15.9 Å². The molecule has 76 valence electrons. The van der Waals surface area contributed by atoms with Crippen LogP contribution < -0.4 is 0 Å². The van der Waals surface area contributed by atoms with Crippen molar-refractivity contribution < 1.29 is 4.79 Å². The SMILES string of the molecule is CCC(=O)C(Br)Cc1cccc(C)c1. The predicted molar refractivity (Wildman–Crippen MR) is 62.9 cm³/mol. The molecule has 0 aliphatic heterocycles. The molecule has 0 bridgehead atoms. The lowest BCUT2D eigenvalue weighted by molar-refractivity contribution is -0.118. The van der Waals surface area contributed by atoms with Gasteiger partial charge in [0.05, 0.1) is 4.83 Å². The van der Waals surface area contributed by atoms with Gasteiger partial charge < -0.3 is 0 Å². The third-order valence-electron chi connectivity index (χ3n) is 2.20. The van der Waals surface area contributed by atoms with Gasteiger partial charge in [-0.1, -0.05) is 52.7 Å². The largest absolute Gasteiger partial charge is 0.298 e. The first-order valence-electron chi connectivity index (χ1n) is 4.85. The van der Waals surface area contributed by atoms with E-state index in [0.29, 0.717) is 6.42 Å². The number of hydrogen-bond acceptors (Lipinski definition) is 1. The van der Waals surface area contributed by atoms with E-state index in [0.717, 1.165) is 6.42 Å². The van der Waals surface area contributed by atoms with Crippen LogP contribution in [0.25, 0.3) is 0 Å². The molecule has 1 rings (SSSR count). The Balaban J connectivity index is 2.64. The highest BCUT2D eigenvalue weighted by Gasteiger charge is 2.12. The number of benzene rings is 1. The van der Waals surface area contributed by atoms with E-state index in [9.17, 15) is 4.79 Å². The zero-order valence-electron chi connectivity index (χ0n) is 8.59. The van der Waals surface area contributed by atoms with E-state index in [1.54, 1.807) is 0 Å². The van der Waals surface area contributed by atoms with Crippen molar-refractivity contribution in [3.63, 3.8) is 0 Å². The number of rotatable bonds is 4. The van der Waals surface area contributed by atoms with E-state index in [2.05, 4.69) is 41.1 Å². The molecule has 0 aromatic heterocycles. The van der Waals surface area contributed by atoms with Crippen molar-refractivity contribution >= 4 is 21.7 Å². The van der Waals surface area contributed by atoms with E-state index < -0.39 is 0 Å². The Morgan fingerprint density at radius 1 is 1.50 bits per heavy atom. The maximum Gasteiger partial charge on any atom is 0.146 e. The van der Waals surface area contributed by atoms with Gasteiger partial charge in [-0.2, -0.15) is 0 Å². The Morgan fingerprint density at radius 3 is 2.79 bits per heavy atom. The number of ketones is 1. The van der Waals surface area contributed by atoms with Gasteiger partial charge in [-0.25, -0.2) is 0 Å². The number of hydrogen-bond donors (Lipinski definition) is 0. The predicted octanol–water partition coefficient (Wildman–Crippen LogP) is 3.28. The molecule has 0 heterocycles. The molecule has 2 heteroatoms. The minimum Gasteiger partial charge on any atom is -0.298 e. The van der Waals surface area contributed by atoms with Crippen molar-refractivity contribution in [3.05, 3.63) is 35.4 Å². The molecule has 0 saturated carbocycles. The number of carbonyl (C=O) groups is 1. The summed E-state index contributed by atoms with van der Waals surface area (Å²) in [6.07, 6.45) is 1.39. The van der Waals surface area contributed by atoms with Crippen LogP contribution in [0.1, 0.15) is 24.5 Å². The first-order chi connectivity index (χ1) is 6.63. The van der Waals surface area contributed by atoms with Crippen molar-refractivity contribution in [2.75, 3.05) is 0 Å². The van der Waals surface area contributed by atoms with Crippen LogP contribution in [0.4, 0.5) is 0 Å². The smallest absolute Gasteiger partial charge is 0.146 e. The maximum atomic E-state index is 11.4. The van der Waals surface area contributed by atoms with Gasteiger partial charge >= 0.3 is 0 Å². The molecule has 1 aromatic rings. The van der Waals surface area contributed by atoms with Crippen molar-refractivity contribution in [3.8, 4) is 0 Å². The van der Waals surface area contributed by atoms with E-state index >= 15 is 0 Å². The molecular formula is C12H15BrO. The maximum absolute atomic E-state index is 11.4. The minimum absolute atomic E-state index is 0.0331. The van der Waals surface area contributed by atoms with Gasteiger partial charge in [0.15, 0.2) is 0 Å². The van der Waals surface area contributed by atoms with Crippen molar-refractivity contribution in [2.45, 2.75) is 31.5 Å². The molecule has 0 spiro atoms. The first-order valence-corrected chi connectivity index (χ1v) is 5.77. The Bertz CT molecular complexity index is 320. The Hall–Kier alpha value is -0.630. The Morgan fingerprint density at radius 2 is 2.21 bits per heavy atom. The van der Waals surface area contributed by atoms with Crippen LogP contribution in [-0.4, -0.2) is 10.6 Å². The molecule has 0 amide bonds. The number of alkyl halides is 1. The summed E-state index contributed by atoms with van der Waals surface area (Å²) in [5.74, 6) is 0.270. The second kappa shape index (κ2) is 5.30. The lowest BCUT2D eigenvalue weighted by atomic mass is 10.0. The molecule has 0 saturated heterocycles. The lowest BCUT2D eigenvalue weighted by Crippen LogP contribution is -2.15. The quantitative estimate of drug-likeness (QED) is 0.754. The summed E-state index contributed by atoms with van der Waals surface area (Å²) >= 11 is 3.42. The van der Waals surface area contributed by atoms with E-state index in [1.807, 2.05) is 13.0 Å². The average Bonchev–Trinajstić information content (AvgIpc) is 2.16. The van der Waals surface area contributed by atoms with Gasteiger partial charge in [0, 0.05) is 6.42 Å². The van der Waals surface area contributed by atoms with Crippen LogP contribution in [0.3, 0.4) is 0 Å². The van der Waals surface area contributed by atoms with Gasteiger partial charge in [-0.05, 0) is 18.9 Å². The zero-order valence-corrected chi connectivity index (χ0v) is 10.2. The summed E-state index contributed by atoms with van der Waals surface area (Å²) in [5, 5.41) is 0. The molecule has 0 aliphatic carbocycles. The van der Waals surface area contributed by atoms with Crippen LogP contribution in [0.5, 0.6) is 0 Å². The number of aryl methyl sites for hydroxylation is 1. The van der Waals surface area contributed by atoms with Crippen LogP contribution in [-0.2, 0) is 11.2 Å². The molecule has 0 radical (unpaired) electrons. The highest BCUT2D eigenvalue weighted by atomic mass is 79.9. The van der Waals surface area contributed by atoms with E-state index in [1.165, 1.54) is 11.1 Å². The molecule has 1 aromatic carbocycles. The monoisotopic (exact) mass is 254 g/mol. The Labute approximate surface area is 93.7 Å². The highest BCUT2D eigenvalue weighted by molar-refractivity contribution is 9.10. The fourth-order valence-electron chi connectivity index (χ4n) is 1.38. The molecule has 0 fully saturated rings. The standard InChI is InChI=1S/C12H15BrO/c1-3-12(14)11(13)8-10-6-4-5-9(2)7-10/h4-7,11H,3,8H2,1-2H3. The van der Waals surface area contributed by atoms with E-state index in [4.69, 9.17) is 0 Å². The minimum atomic E-state index is -0.0331. The second-order valence-corrected chi connectivity index (χ2v) is 4.59. The average molecular weight is 255 g/mol. The number of carbonyl (C=O) groups excluding carboxylic acids is 1. The normalized spacial score (nSPS) is 12.5. The van der Waals surface area contributed by atoms with Gasteiger partial charge in [-0.3, -0.25) is 4.79 Å². The molecule has 0 aliphatic rings. The molecular weight excluding hydrogens is 240 g/mol. The first kappa shape index (κ1) is 11.4. The highest BCUT2D eigenvalue weighted by Crippen LogP contribution is 2.13. The summed E-state index contributed by atoms with van der Waals surface area (Å²) in [6.45, 7) is 3.96. The summed E-state index contributed by atoms with van der Waals surface area (Å²) in [4.78, 5) is 11.3.